The summed E-state index contributed by atoms with van der Waals surface area (Å²) < 4.78 is 22.9. The monoisotopic (exact) mass is 230 g/mol. The molecule has 0 amide bonds. The van der Waals surface area contributed by atoms with E-state index in [1.807, 2.05) is 13.8 Å². The van der Waals surface area contributed by atoms with E-state index in [-0.39, 0.29) is 24.6 Å². The maximum atomic E-state index is 5.86. The van der Waals surface area contributed by atoms with Crippen molar-refractivity contribution < 1.29 is 18.9 Å². The Morgan fingerprint density at radius 2 is 1.94 bits per heavy atom. The van der Waals surface area contributed by atoms with Gasteiger partial charge in [0, 0.05) is 7.11 Å². The van der Waals surface area contributed by atoms with Crippen LogP contribution in [-0.4, -0.2) is 37.5 Å². The second kappa shape index (κ2) is 4.26. The highest BCUT2D eigenvalue weighted by Crippen LogP contribution is 2.39. The summed E-state index contributed by atoms with van der Waals surface area (Å²) in [6, 6.07) is 0. The third kappa shape index (κ3) is 2.25. The molecule has 0 aromatic rings. The minimum atomic E-state index is -0.561. The first kappa shape index (κ1) is 12.3. The lowest BCUT2D eigenvalue weighted by Crippen LogP contribution is -2.36. The highest BCUT2D eigenvalue weighted by molar-refractivity contribution is 4.94. The molecule has 0 aromatic carbocycles. The van der Waals surface area contributed by atoms with Gasteiger partial charge in [-0.15, -0.1) is 0 Å². The number of ether oxygens (including phenoxy) is 4. The molecule has 4 nitrogen and oxygen atoms in total. The van der Waals surface area contributed by atoms with E-state index in [2.05, 4.69) is 13.8 Å². The maximum absolute atomic E-state index is 5.86. The fourth-order valence-electron chi connectivity index (χ4n) is 2.49. The van der Waals surface area contributed by atoms with Crippen molar-refractivity contribution in [3.63, 3.8) is 0 Å². The Balaban J connectivity index is 2.04. The average Bonchev–Trinajstić information content (AvgIpc) is 2.54. The van der Waals surface area contributed by atoms with Gasteiger partial charge in [0.2, 0.25) is 0 Å². The molecule has 4 heteroatoms. The number of hydrogen-bond donors (Lipinski definition) is 0. The van der Waals surface area contributed by atoms with E-state index >= 15 is 0 Å². The van der Waals surface area contributed by atoms with E-state index in [1.54, 1.807) is 7.11 Å². The van der Waals surface area contributed by atoms with Crippen LogP contribution in [0.5, 0.6) is 0 Å². The van der Waals surface area contributed by atoms with Crippen LogP contribution in [0.2, 0.25) is 0 Å². The lowest BCUT2D eigenvalue weighted by Gasteiger charge is -2.25. The molecular weight excluding hydrogens is 208 g/mol. The van der Waals surface area contributed by atoms with E-state index < -0.39 is 5.79 Å². The van der Waals surface area contributed by atoms with Gasteiger partial charge in [0.25, 0.3) is 0 Å². The lowest BCUT2D eigenvalue weighted by molar-refractivity contribution is -0.218. The summed E-state index contributed by atoms with van der Waals surface area (Å²) in [6.45, 7) is 8.16. The molecule has 16 heavy (non-hydrogen) atoms. The third-order valence-corrected chi connectivity index (χ3v) is 3.06. The van der Waals surface area contributed by atoms with Crippen molar-refractivity contribution in [3.8, 4) is 0 Å². The highest BCUT2D eigenvalue weighted by Gasteiger charge is 2.54. The van der Waals surface area contributed by atoms with Crippen molar-refractivity contribution in [2.75, 3.05) is 7.11 Å². The number of fused-ring (bicyclic) bond motifs is 1. The molecule has 0 unspecified atom stereocenters. The maximum Gasteiger partial charge on any atom is 0.190 e. The molecule has 0 radical (unpaired) electrons. The molecule has 0 bridgehead atoms. The molecule has 2 fully saturated rings. The standard InChI is InChI=1S/C12H22O4/c1-7(2)6-8-9(13-5)10-11(14-8)16-12(3,4)15-10/h7-11H,6H2,1-5H3/t8-,9+,10-,11-/m1/s1. The molecule has 94 valence electrons. The van der Waals surface area contributed by atoms with Gasteiger partial charge in [-0.3, -0.25) is 0 Å². The fraction of sp³-hybridized carbons (Fsp3) is 1.00. The Bertz CT molecular complexity index is 251. The normalized spacial score (nSPS) is 41.6. The second-order valence-corrected chi connectivity index (χ2v) is 5.47. The average molecular weight is 230 g/mol. The lowest BCUT2D eigenvalue weighted by atomic mass is 10.0. The molecule has 4 atom stereocenters. The smallest absolute Gasteiger partial charge is 0.190 e. The first-order valence-electron chi connectivity index (χ1n) is 5.97. The Labute approximate surface area is 97.2 Å². The Kier molecular flexibility index (Phi) is 3.27. The van der Waals surface area contributed by atoms with Gasteiger partial charge in [-0.1, -0.05) is 13.8 Å². The predicted molar refractivity (Wildman–Crippen MR) is 59.0 cm³/mol. The minimum Gasteiger partial charge on any atom is -0.376 e. The third-order valence-electron chi connectivity index (χ3n) is 3.06. The molecule has 0 spiro atoms. The van der Waals surface area contributed by atoms with Gasteiger partial charge in [-0.25, -0.2) is 0 Å². The first-order valence-corrected chi connectivity index (χ1v) is 5.97. The summed E-state index contributed by atoms with van der Waals surface area (Å²) >= 11 is 0. The summed E-state index contributed by atoms with van der Waals surface area (Å²) in [5.41, 5.74) is 0. The zero-order chi connectivity index (χ0) is 11.9. The van der Waals surface area contributed by atoms with Crippen molar-refractivity contribution in [2.45, 2.75) is 64.5 Å². The molecule has 0 saturated carbocycles. The van der Waals surface area contributed by atoms with Crippen LogP contribution < -0.4 is 0 Å². The number of methoxy groups -OCH3 is 1. The van der Waals surface area contributed by atoms with Crippen LogP contribution in [0.1, 0.15) is 34.1 Å². The first-order chi connectivity index (χ1) is 7.43. The van der Waals surface area contributed by atoms with E-state index in [0.29, 0.717) is 5.92 Å². The van der Waals surface area contributed by atoms with E-state index in [1.165, 1.54) is 0 Å². The zero-order valence-corrected chi connectivity index (χ0v) is 10.7. The number of hydrogen-bond acceptors (Lipinski definition) is 4. The van der Waals surface area contributed by atoms with Crippen LogP contribution in [0.4, 0.5) is 0 Å². The SMILES string of the molecule is CO[C@@H]1[C@H]2OC(C)(C)O[C@H]2O[C@@H]1CC(C)C. The molecule has 2 heterocycles. The van der Waals surface area contributed by atoms with Gasteiger partial charge in [0.1, 0.15) is 12.2 Å². The van der Waals surface area contributed by atoms with Gasteiger partial charge in [0.05, 0.1) is 6.10 Å². The highest BCUT2D eigenvalue weighted by atomic mass is 16.8. The molecule has 0 N–H and O–H groups in total. The van der Waals surface area contributed by atoms with Crippen molar-refractivity contribution in [1.29, 1.82) is 0 Å². The van der Waals surface area contributed by atoms with Crippen molar-refractivity contribution in [2.24, 2.45) is 5.92 Å². The summed E-state index contributed by atoms with van der Waals surface area (Å²) in [5.74, 6) is 0.0176. The predicted octanol–water partition coefficient (Wildman–Crippen LogP) is 1.92. The van der Waals surface area contributed by atoms with Crippen molar-refractivity contribution in [1.82, 2.24) is 0 Å². The van der Waals surface area contributed by atoms with E-state index in [4.69, 9.17) is 18.9 Å². The molecule has 2 rings (SSSR count). The van der Waals surface area contributed by atoms with Crippen LogP contribution in [0.3, 0.4) is 0 Å². The summed E-state index contributed by atoms with van der Waals surface area (Å²) in [6.07, 6.45) is 0.663. The van der Waals surface area contributed by atoms with Gasteiger partial charge in [0.15, 0.2) is 12.1 Å². The minimum absolute atomic E-state index is 0.0193. The van der Waals surface area contributed by atoms with Crippen LogP contribution in [0.15, 0.2) is 0 Å². The molecule has 0 aromatic heterocycles. The van der Waals surface area contributed by atoms with E-state index in [0.717, 1.165) is 6.42 Å². The van der Waals surface area contributed by atoms with Crippen LogP contribution in [0.25, 0.3) is 0 Å². The number of rotatable bonds is 3. The summed E-state index contributed by atoms with van der Waals surface area (Å²) in [5, 5.41) is 0. The van der Waals surface area contributed by atoms with Gasteiger partial charge < -0.3 is 18.9 Å². The van der Waals surface area contributed by atoms with Gasteiger partial charge in [-0.2, -0.15) is 0 Å². The molecular formula is C12H22O4. The van der Waals surface area contributed by atoms with E-state index in [9.17, 15) is 0 Å². The largest absolute Gasteiger partial charge is 0.376 e. The van der Waals surface area contributed by atoms with Gasteiger partial charge >= 0.3 is 0 Å². The van der Waals surface area contributed by atoms with Crippen LogP contribution >= 0.6 is 0 Å². The Morgan fingerprint density at radius 3 is 2.50 bits per heavy atom. The quantitative estimate of drug-likeness (QED) is 0.742. The summed E-state index contributed by atoms with van der Waals surface area (Å²) in [7, 11) is 1.71. The fourth-order valence-corrected chi connectivity index (χ4v) is 2.49. The second-order valence-electron chi connectivity index (χ2n) is 5.47. The molecule has 0 aliphatic carbocycles. The topological polar surface area (TPSA) is 36.9 Å². The van der Waals surface area contributed by atoms with Crippen LogP contribution in [0, 0.1) is 5.92 Å². The molecule has 2 saturated heterocycles. The Morgan fingerprint density at radius 1 is 1.25 bits per heavy atom. The van der Waals surface area contributed by atoms with Gasteiger partial charge in [-0.05, 0) is 26.2 Å². The summed E-state index contributed by atoms with van der Waals surface area (Å²) in [4.78, 5) is 0. The zero-order valence-electron chi connectivity index (χ0n) is 10.7. The molecule has 2 aliphatic rings. The Hall–Kier alpha value is -0.160. The molecule has 2 aliphatic heterocycles. The van der Waals surface area contributed by atoms with Crippen LogP contribution in [-0.2, 0) is 18.9 Å². The van der Waals surface area contributed by atoms with Crippen molar-refractivity contribution >= 4 is 0 Å². The van der Waals surface area contributed by atoms with Crippen molar-refractivity contribution in [3.05, 3.63) is 0 Å².